The van der Waals surface area contributed by atoms with Crippen LogP contribution in [0.3, 0.4) is 0 Å². The van der Waals surface area contributed by atoms with Gasteiger partial charge >= 0.3 is 21.3 Å². The Kier molecular flexibility index (Phi) is 3.68. The van der Waals surface area contributed by atoms with Crippen LogP contribution in [0.15, 0.2) is 33.5 Å². The minimum Gasteiger partial charge on any atom is -0.423 e. The van der Waals surface area contributed by atoms with E-state index in [1.807, 2.05) is 0 Å². The van der Waals surface area contributed by atoms with Crippen LogP contribution in [-0.4, -0.2) is 19.0 Å². The van der Waals surface area contributed by atoms with E-state index < -0.39 is 33.6 Å². The molecule has 1 aromatic carbocycles. The van der Waals surface area contributed by atoms with E-state index in [0.29, 0.717) is 0 Å². The lowest BCUT2D eigenvalue weighted by molar-refractivity contribution is -0.0500. The summed E-state index contributed by atoms with van der Waals surface area (Å²) in [7, 11) is -5.81. The Morgan fingerprint density at radius 3 is 2.48 bits per heavy atom. The molecule has 114 valence electrons. The van der Waals surface area contributed by atoms with Gasteiger partial charge in [0.25, 0.3) is 0 Å². The maximum atomic E-state index is 12.2. The van der Waals surface area contributed by atoms with Crippen molar-refractivity contribution in [3.63, 3.8) is 0 Å². The van der Waals surface area contributed by atoms with Gasteiger partial charge in [-0.05, 0) is 17.7 Å². The van der Waals surface area contributed by atoms with Crippen LogP contribution in [0.2, 0.25) is 0 Å². The fourth-order valence-electron chi connectivity index (χ4n) is 1.57. The van der Waals surface area contributed by atoms with Crippen LogP contribution in [0.25, 0.3) is 11.0 Å². The Morgan fingerprint density at radius 2 is 1.90 bits per heavy atom. The second-order valence-corrected chi connectivity index (χ2v) is 5.43. The molecular formula is C11H7F3O6S. The van der Waals surface area contributed by atoms with E-state index in [2.05, 4.69) is 4.18 Å². The summed E-state index contributed by atoms with van der Waals surface area (Å²) >= 11 is 0. The molecule has 1 N–H and O–H groups in total. The first kappa shape index (κ1) is 15.3. The quantitative estimate of drug-likeness (QED) is 0.522. The maximum Gasteiger partial charge on any atom is 0.534 e. The summed E-state index contributed by atoms with van der Waals surface area (Å²) in [6.45, 7) is -0.497. The van der Waals surface area contributed by atoms with Crippen molar-refractivity contribution in [3.8, 4) is 5.75 Å². The van der Waals surface area contributed by atoms with Crippen LogP contribution in [-0.2, 0) is 16.7 Å². The van der Waals surface area contributed by atoms with Crippen LogP contribution < -0.4 is 9.81 Å². The van der Waals surface area contributed by atoms with Crippen molar-refractivity contribution in [3.05, 3.63) is 40.2 Å². The van der Waals surface area contributed by atoms with E-state index in [-0.39, 0.29) is 16.5 Å². The summed E-state index contributed by atoms with van der Waals surface area (Å²) in [5.74, 6) is -0.668. The summed E-state index contributed by atoms with van der Waals surface area (Å²) in [5, 5.41) is 9.31. The van der Waals surface area contributed by atoms with Crippen molar-refractivity contribution in [1.82, 2.24) is 0 Å². The molecule has 2 rings (SSSR count). The Morgan fingerprint density at radius 1 is 1.24 bits per heavy atom. The summed E-state index contributed by atoms with van der Waals surface area (Å²) in [4.78, 5) is 11.2. The summed E-state index contributed by atoms with van der Waals surface area (Å²) in [6, 6.07) is 3.95. The number of rotatable bonds is 3. The molecule has 0 saturated heterocycles. The van der Waals surface area contributed by atoms with Crippen LogP contribution in [0.5, 0.6) is 5.75 Å². The maximum absolute atomic E-state index is 12.2. The molecule has 1 heterocycles. The van der Waals surface area contributed by atoms with Gasteiger partial charge in [-0.15, -0.1) is 0 Å². The minimum atomic E-state index is -5.81. The predicted molar refractivity (Wildman–Crippen MR) is 64.0 cm³/mol. The standard InChI is InChI=1S/C11H7F3O6S/c12-11(13,14)21(17,18)20-7-1-2-8-6(5-15)3-10(16)19-9(8)4-7/h1-4,15H,5H2. The van der Waals surface area contributed by atoms with E-state index in [1.165, 1.54) is 6.07 Å². The third kappa shape index (κ3) is 3.00. The number of benzene rings is 1. The van der Waals surface area contributed by atoms with Gasteiger partial charge in [0.2, 0.25) is 0 Å². The van der Waals surface area contributed by atoms with Crippen molar-refractivity contribution < 1.29 is 35.3 Å². The van der Waals surface area contributed by atoms with Crippen molar-refractivity contribution in [2.45, 2.75) is 12.1 Å². The SMILES string of the molecule is O=c1cc(CO)c2ccc(OS(=O)(=O)C(F)(F)F)cc2o1. The zero-order valence-corrected chi connectivity index (χ0v) is 10.9. The molecule has 21 heavy (non-hydrogen) atoms. The Balaban J connectivity index is 2.52. The van der Waals surface area contributed by atoms with Gasteiger partial charge in [-0.3, -0.25) is 0 Å². The Bertz CT molecular complexity index is 837. The molecule has 0 spiro atoms. The van der Waals surface area contributed by atoms with Crippen LogP contribution in [0, 0.1) is 0 Å². The molecule has 0 aliphatic rings. The zero-order valence-electron chi connectivity index (χ0n) is 10.0. The topological polar surface area (TPSA) is 93.8 Å². The average Bonchev–Trinajstić information content (AvgIpc) is 2.35. The number of aliphatic hydroxyl groups is 1. The number of hydrogen-bond donors (Lipinski definition) is 1. The highest BCUT2D eigenvalue weighted by Crippen LogP contribution is 2.29. The Hall–Kier alpha value is -2.07. The van der Waals surface area contributed by atoms with Gasteiger partial charge in [-0.1, -0.05) is 0 Å². The van der Waals surface area contributed by atoms with Crippen molar-refractivity contribution in [2.24, 2.45) is 0 Å². The van der Waals surface area contributed by atoms with Gasteiger partial charge in [0.15, 0.2) is 0 Å². The minimum absolute atomic E-state index is 0.187. The van der Waals surface area contributed by atoms with Gasteiger partial charge in [0.1, 0.15) is 11.3 Å². The van der Waals surface area contributed by atoms with Gasteiger partial charge in [0, 0.05) is 17.5 Å². The second-order valence-electron chi connectivity index (χ2n) is 3.89. The molecule has 0 aliphatic heterocycles. The molecule has 2 aromatic rings. The van der Waals surface area contributed by atoms with Crippen LogP contribution >= 0.6 is 0 Å². The van der Waals surface area contributed by atoms with E-state index in [0.717, 1.165) is 18.2 Å². The molecule has 0 radical (unpaired) electrons. The number of aliphatic hydroxyl groups excluding tert-OH is 1. The molecule has 0 atom stereocenters. The zero-order chi connectivity index (χ0) is 15.8. The molecule has 6 nitrogen and oxygen atoms in total. The summed E-state index contributed by atoms with van der Waals surface area (Å²) < 4.78 is 67.0. The van der Waals surface area contributed by atoms with E-state index >= 15 is 0 Å². The van der Waals surface area contributed by atoms with Gasteiger partial charge in [-0.2, -0.15) is 21.6 Å². The monoisotopic (exact) mass is 324 g/mol. The first-order valence-electron chi connectivity index (χ1n) is 5.32. The largest absolute Gasteiger partial charge is 0.534 e. The number of hydrogen-bond acceptors (Lipinski definition) is 6. The van der Waals surface area contributed by atoms with Crippen LogP contribution in [0.1, 0.15) is 5.56 Å². The molecule has 0 unspecified atom stereocenters. The highest BCUT2D eigenvalue weighted by molar-refractivity contribution is 7.88. The number of alkyl halides is 3. The van der Waals surface area contributed by atoms with Gasteiger partial charge in [0.05, 0.1) is 6.61 Å². The van der Waals surface area contributed by atoms with E-state index in [9.17, 15) is 26.4 Å². The number of halogens is 3. The average molecular weight is 324 g/mol. The molecule has 0 aliphatic carbocycles. The van der Waals surface area contributed by atoms with E-state index in [1.54, 1.807) is 0 Å². The van der Waals surface area contributed by atoms with Crippen LogP contribution in [0.4, 0.5) is 13.2 Å². The third-order valence-electron chi connectivity index (χ3n) is 2.46. The van der Waals surface area contributed by atoms with Gasteiger partial charge in [-0.25, -0.2) is 4.79 Å². The summed E-state index contributed by atoms with van der Waals surface area (Å²) in [5.41, 5.74) is -6.44. The van der Waals surface area contributed by atoms with E-state index in [4.69, 9.17) is 9.52 Å². The summed E-state index contributed by atoms with van der Waals surface area (Å²) in [6.07, 6.45) is 0. The molecule has 0 fully saturated rings. The molecule has 10 heteroatoms. The second kappa shape index (κ2) is 5.04. The Labute approximate surface area is 115 Å². The molecular weight excluding hydrogens is 317 g/mol. The fraction of sp³-hybridized carbons (Fsp3) is 0.182. The third-order valence-corrected chi connectivity index (χ3v) is 3.44. The fourth-order valence-corrected chi connectivity index (χ4v) is 2.02. The first-order valence-corrected chi connectivity index (χ1v) is 6.73. The normalized spacial score (nSPS) is 12.6. The number of fused-ring (bicyclic) bond motifs is 1. The molecule has 0 bridgehead atoms. The first-order chi connectivity index (χ1) is 9.64. The van der Waals surface area contributed by atoms with Gasteiger partial charge < -0.3 is 13.7 Å². The lowest BCUT2D eigenvalue weighted by Gasteiger charge is -2.10. The molecule has 0 saturated carbocycles. The highest BCUT2D eigenvalue weighted by atomic mass is 32.2. The van der Waals surface area contributed by atoms with Crippen molar-refractivity contribution >= 4 is 21.1 Å². The van der Waals surface area contributed by atoms with Crippen molar-refractivity contribution in [1.29, 1.82) is 0 Å². The molecule has 1 aromatic heterocycles. The lowest BCUT2D eigenvalue weighted by Crippen LogP contribution is -2.28. The lowest BCUT2D eigenvalue weighted by atomic mass is 10.1. The predicted octanol–water partition coefficient (Wildman–Crippen LogP) is 1.51. The van der Waals surface area contributed by atoms with Crippen molar-refractivity contribution in [2.75, 3.05) is 0 Å². The molecule has 0 amide bonds. The highest BCUT2D eigenvalue weighted by Gasteiger charge is 2.48. The smallest absolute Gasteiger partial charge is 0.423 e.